The van der Waals surface area contributed by atoms with Crippen LogP contribution in [0.5, 0.6) is 0 Å². The molecule has 0 aromatic carbocycles. The predicted octanol–water partition coefficient (Wildman–Crippen LogP) is 2.08. The Bertz CT molecular complexity index is 443. The second kappa shape index (κ2) is 7.37. The lowest BCUT2D eigenvalue weighted by atomic mass is 10.1. The van der Waals surface area contributed by atoms with E-state index in [2.05, 4.69) is 23.7 Å². The first-order valence-corrected chi connectivity index (χ1v) is 7.72. The molecule has 3 nitrogen and oxygen atoms in total. The van der Waals surface area contributed by atoms with E-state index in [0.717, 1.165) is 44.8 Å². The van der Waals surface area contributed by atoms with Crippen LogP contribution in [-0.2, 0) is 14.3 Å². The van der Waals surface area contributed by atoms with Crippen LogP contribution in [-0.4, -0.2) is 20.8 Å². The fourth-order valence-electron chi connectivity index (χ4n) is 1.52. The molecule has 0 bridgehead atoms. The zero-order chi connectivity index (χ0) is 12.6. The van der Waals surface area contributed by atoms with E-state index in [1.807, 2.05) is 0 Å². The lowest BCUT2D eigenvalue weighted by Crippen LogP contribution is -2.15. The molecule has 1 unspecified atom stereocenters. The van der Waals surface area contributed by atoms with E-state index in [-0.39, 0.29) is 0 Å². The molecule has 0 aliphatic heterocycles. The molecule has 0 aromatic rings. The Balaban J connectivity index is 2.59. The average molecular weight is 254 g/mol. The van der Waals surface area contributed by atoms with Crippen LogP contribution in [0.25, 0.3) is 0 Å². The molecule has 0 fully saturated rings. The summed E-state index contributed by atoms with van der Waals surface area (Å²) in [7, 11) is -3.43. The van der Waals surface area contributed by atoms with Crippen molar-refractivity contribution in [3.8, 4) is 23.7 Å². The Kier molecular flexibility index (Phi) is 6.11. The molecular weight excluding hydrogens is 236 g/mol. The summed E-state index contributed by atoms with van der Waals surface area (Å²) >= 11 is 0. The highest BCUT2D eigenvalue weighted by molar-refractivity contribution is 7.86. The van der Waals surface area contributed by atoms with Gasteiger partial charge in [0.25, 0.3) is 10.1 Å². The van der Waals surface area contributed by atoms with Gasteiger partial charge in [0.2, 0.25) is 0 Å². The summed E-state index contributed by atoms with van der Waals surface area (Å²) in [5, 5.41) is 0. The molecule has 0 saturated carbocycles. The van der Waals surface area contributed by atoms with Crippen molar-refractivity contribution in [3.63, 3.8) is 0 Å². The lowest BCUT2D eigenvalue weighted by molar-refractivity contribution is 0.253. The maximum absolute atomic E-state index is 11.1. The van der Waals surface area contributed by atoms with Gasteiger partial charge in [0.1, 0.15) is 6.10 Å². The monoisotopic (exact) mass is 254 g/mol. The van der Waals surface area contributed by atoms with Crippen LogP contribution in [0.1, 0.15) is 44.9 Å². The second-order valence-electron chi connectivity index (χ2n) is 4.06. The van der Waals surface area contributed by atoms with Crippen molar-refractivity contribution in [2.24, 2.45) is 0 Å². The van der Waals surface area contributed by atoms with E-state index < -0.39 is 16.2 Å². The Hall–Kier alpha value is -0.970. The van der Waals surface area contributed by atoms with Crippen LogP contribution in [0.2, 0.25) is 0 Å². The van der Waals surface area contributed by atoms with Crippen molar-refractivity contribution in [2.75, 3.05) is 6.26 Å². The van der Waals surface area contributed by atoms with Crippen LogP contribution >= 0.6 is 0 Å². The van der Waals surface area contributed by atoms with Gasteiger partial charge in [0.15, 0.2) is 0 Å². The van der Waals surface area contributed by atoms with Crippen LogP contribution in [0, 0.1) is 23.7 Å². The third-order valence-corrected chi connectivity index (χ3v) is 2.88. The van der Waals surface area contributed by atoms with Gasteiger partial charge in [0.05, 0.1) is 6.26 Å². The fraction of sp³-hybridized carbons (Fsp3) is 0.692. The average Bonchev–Trinajstić information content (AvgIpc) is 2.20. The Labute approximate surface area is 104 Å². The van der Waals surface area contributed by atoms with Gasteiger partial charge < -0.3 is 0 Å². The van der Waals surface area contributed by atoms with Crippen LogP contribution < -0.4 is 0 Å². The van der Waals surface area contributed by atoms with E-state index in [0.29, 0.717) is 6.42 Å². The first kappa shape index (κ1) is 14.1. The highest BCUT2D eigenvalue weighted by Gasteiger charge is 2.12. The standard InChI is InChI=1S/C13H18O3S/c1-17(14,15)16-13-11-9-7-5-3-2-4-6-8-10-12-13/h13H,2-3,5,7-8,10,12H2,1H3. The van der Waals surface area contributed by atoms with E-state index >= 15 is 0 Å². The van der Waals surface area contributed by atoms with Gasteiger partial charge in [-0.2, -0.15) is 8.42 Å². The third-order valence-electron chi connectivity index (χ3n) is 2.30. The predicted molar refractivity (Wildman–Crippen MR) is 67.6 cm³/mol. The maximum atomic E-state index is 11.1. The van der Waals surface area contributed by atoms with Crippen molar-refractivity contribution >= 4 is 10.1 Å². The van der Waals surface area contributed by atoms with Gasteiger partial charge in [-0.3, -0.25) is 4.18 Å². The molecule has 1 atom stereocenters. The molecule has 4 heteroatoms. The van der Waals surface area contributed by atoms with E-state index in [9.17, 15) is 8.42 Å². The number of hydrogen-bond acceptors (Lipinski definition) is 3. The van der Waals surface area contributed by atoms with Gasteiger partial charge in [-0.1, -0.05) is 5.92 Å². The summed E-state index contributed by atoms with van der Waals surface area (Å²) in [5.74, 6) is 12.1. The fourth-order valence-corrected chi connectivity index (χ4v) is 2.09. The molecule has 0 N–H and O–H groups in total. The molecule has 0 spiro atoms. The summed E-state index contributed by atoms with van der Waals surface area (Å²) in [6, 6.07) is 0. The van der Waals surface area contributed by atoms with Crippen LogP contribution in [0.3, 0.4) is 0 Å². The van der Waals surface area contributed by atoms with E-state index in [4.69, 9.17) is 4.18 Å². The third kappa shape index (κ3) is 7.85. The van der Waals surface area contributed by atoms with Gasteiger partial charge in [-0.15, -0.1) is 17.8 Å². The van der Waals surface area contributed by atoms with Crippen molar-refractivity contribution in [1.29, 1.82) is 0 Å². The highest BCUT2D eigenvalue weighted by atomic mass is 32.2. The molecule has 1 aliphatic rings. The first-order chi connectivity index (χ1) is 8.08. The van der Waals surface area contributed by atoms with Gasteiger partial charge in [-0.25, -0.2) is 0 Å². The first-order valence-electron chi connectivity index (χ1n) is 5.90. The topological polar surface area (TPSA) is 43.4 Å². The molecule has 0 amide bonds. The highest BCUT2D eigenvalue weighted by Crippen LogP contribution is 2.08. The molecule has 94 valence electrons. The van der Waals surface area contributed by atoms with E-state index in [1.54, 1.807) is 0 Å². The quantitative estimate of drug-likeness (QED) is 0.560. The molecule has 1 rings (SSSR count). The molecule has 0 saturated heterocycles. The summed E-state index contributed by atoms with van der Waals surface area (Å²) < 4.78 is 27.0. The minimum atomic E-state index is -3.43. The minimum absolute atomic E-state index is 0.508. The minimum Gasteiger partial charge on any atom is -0.254 e. The van der Waals surface area contributed by atoms with Crippen molar-refractivity contribution in [1.82, 2.24) is 0 Å². The molecule has 0 aromatic heterocycles. The summed E-state index contributed by atoms with van der Waals surface area (Å²) in [6.45, 7) is 0. The summed E-state index contributed by atoms with van der Waals surface area (Å²) in [5.41, 5.74) is 0. The van der Waals surface area contributed by atoms with Gasteiger partial charge >= 0.3 is 0 Å². The normalized spacial score (nSPS) is 22.1. The van der Waals surface area contributed by atoms with Crippen molar-refractivity contribution in [2.45, 2.75) is 51.0 Å². The molecular formula is C13H18O3S. The molecule has 1 aliphatic carbocycles. The van der Waals surface area contributed by atoms with Gasteiger partial charge in [-0.05, 0) is 25.7 Å². The summed E-state index contributed by atoms with van der Waals surface area (Å²) in [4.78, 5) is 0. The van der Waals surface area contributed by atoms with Crippen LogP contribution in [0.4, 0.5) is 0 Å². The second-order valence-corrected chi connectivity index (χ2v) is 5.66. The van der Waals surface area contributed by atoms with Crippen molar-refractivity contribution < 1.29 is 12.6 Å². The van der Waals surface area contributed by atoms with Crippen LogP contribution in [0.15, 0.2) is 0 Å². The maximum Gasteiger partial charge on any atom is 0.265 e. The summed E-state index contributed by atoms with van der Waals surface area (Å²) in [6.07, 6.45) is 6.56. The number of hydrogen-bond donors (Lipinski definition) is 0. The SMILES string of the molecule is CS(=O)(=O)OC1C#CCCCCC#CCCC1. The Morgan fingerprint density at radius 2 is 1.59 bits per heavy atom. The zero-order valence-corrected chi connectivity index (χ0v) is 11.0. The molecule has 17 heavy (non-hydrogen) atoms. The Morgan fingerprint density at radius 1 is 1.00 bits per heavy atom. The lowest BCUT2D eigenvalue weighted by Gasteiger charge is -2.09. The van der Waals surface area contributed by atoms with Crippen molar-refractivity contribution in [3.05, 3.63) is 0 Å². The Morgan fingerprint density at radius 3 is 2.24 bits per heavy atom. The van der Waals surface area contributed by atoms with E-state index in [1.165, 1.54) is 0 Å². The molecule has 0 heterocycles. The smallest absolute Gasteiger partial charge is 0.254 e. The molecule has 0 radical (unpaired) electrons. The van der Waals surface area contributed by atoms with Gasteiger partial charge in [0, 0.05) is 19.3 Å². The number of rotatable bonds is 2. The largest absolute Gasteiger partial charge is 0.265 e. The zero-order valence-electron chi connectivity index (χ0n) is 10.2.